The largest absolute Gasteiger partial charge is 0.243 e. The van der Waals surface area contributed by atoms with E-state index in [1.165, 1.54) is 0 Å². The van der Waals surface area contributed by atoms with Crippen LogP contribution in [0.5, 0.6) is 0 Å². The van der Waals surface area contributed by atoms with Crippen molar-refractivity contribution in [3.8, 4) is 0 Å². The molecule has 1 saturated heterocycles. The fourth-order valence-corrected chi connectivity index (χ4v) is 5.36. The summed E-state index contributed by atoms with van der Waals surface area (Å²) in [5.41, 5.74) is 0. The third kappa shape index (κ3) is 2.98. The number of sulfonamides is 1. The summed E-state index contributed by atoms with van der Waals surface area (Å²) in [6, 6.07) is 6.97. The number of hydrogen-bond acceptors (Lipinski definition) is 2. The molecule has 0 amide bonds. The summed E-state index contributed by atoms with van der Waals surface area (Å²) in [5, 5.41) is 0.695. The zero-order valence-electron chi connectivity index (χ0n) is 9.85. The molecule has 0 aliphatic carbocycles. The van der Waals surface area contributed by atoms with E-state index in [4.69, 9.17) is 0 Å². The maximum atomic E-state index is 12.6. The molecule has 0 bridgehead atoms. The molecule has 0 aromatic heterocycles. The summed E-state index contributed by atoms with van der Waals surface area (Å²) in [5.74, 6) is 0. The van der Waals surface area contributed by atoms with Gasteiger partial charge in [-0.25, -0.2) is 8.42 Å². The second kappa shape index (κ2) is 6.03. The fraction of sp³-hybridized carbons (Fsp3) is 0.500. The van der Waals surface area contributed by atoms with Crippen LogP contribution in [0.3, 0.4) is 0 Å². The van der Waals surface area contributed by atoms with Crippen molar-refractivity contribution in [2.75, 3.05) is 11.9 Å². The first-order valence-electron chi connectivity index (χ1n) is 5.89. The highest BCUT2D eigenvalue weighted by atomic mass is 79.9. The van der Waals surface area contributed by atoms with E-state index in [1.807, 2.05) is 6.07 Å². The zero-order chi connectivity index (χ0) is 13.2. The van der Waals surface area contributed by atoms with Crippen LogP contribution in [-0.2, 0) is 10.0 Å². The van der Waals surface area contributed by atoms with E-state index in [-0.39, 0.29) is 6.04 Å². The van der Waals surface area contributed by atoms with Crippen LogP contribution in [0.2, 0.25) is 0 Å². The molecule has 0 saturated carbocycles. The van der Waals surface area contributed by atoms with Gasteiger partial charge < -0.3 is 0 Å². The first-order chi connectivity index (χ1) is 8.55. The molecule has 1 aromatic rings. The molecule has 100 valence electrons. The molecular weight excluding hydrogens is 382 g/mol. The minimum absolute atomic E-state index is 0.0720. The molecule has 1 atom stereocenters. The molecule has 1 heterocycles. The van der Waals surface area contributed by atoms with E-state index < -0.39 is 10.0 Å². The summed E-state index contributed by atoms with van der Waals surface area (Å²) in [4.78, 5) is 0.365. The van der Waals surface area contributed by atoms with Gasteiger partial charge in [-0.1, -0.05) is 44.3 Å². The molecule has 6 heteroatoms. The maximum absolute atomic E-state index is 12.6. The van der Waals surface area contributed by atoms with Crippen molar-refractivity contribution in [3.05, 3.63) is 28.7 Å². The average Bonchev–Trinajstić information content (AvgIpc) is 2.38. The molecular formula is C12H15Br2NO2S. The van der Waals surface area contributed by atoms with Crippen LogP contribution in [0.1, 0.15) is 19.3 Å². The second-order valence-corrected chi connectivity index (χ2v) is 7.83. The topological polar surface area (TPSA) is 37.4 Å². The molecule has 1 aliphatic rings. The van der Waals surface area contributed by atoms with Crippen LogP contribution in [0.4, 0.5) is 0 Å². The zero-order valence-corrected chi connectivity index (χ0v) is 13.8. The first kappa shape index (κ1) is 14.5. The Morgan fingerprint density at radius 2 is 2.11 bits per heavy atom. The minimum Gasteiger partial charge on any atom is -0.207 e. The molecule has 1 aromatic carbocycles. The Labute approximate surface area is 125 Å². The van der Waals surface area contributed by atoms with Crippen molar-refractivity contribution in [1.82, 2.24) is 4.31 Å². The Morgan fingerprint density at radius 3 is 2.78 bits per heavy atom. The van der Waals surface area contributed by atoms with Crippen LogP contribution >= 0.6 is 31.9 Å². The van der Waals surface area contributed by atoms with E-state index in [0.29, 0.717) is 16.8 Å². The molecule has 1 unspecified atom stereocenters. The van der Waals surface area contributed by atoms with Gasteiger partial charge in [0, 0.05) is 22.4 Å². The van der Waals surface area contributed by atoms with Crippen molar-refractivity contribution in [2.24, 2.45) is 0 Å². The third-order valence-electron chi connectivity index (χ3n) is 3.15. The second-order valence-electron chi connectivity index (χ2n) is 4.38. The number of piperidine rings is 1. The normalized spacial score (nSPS) is 22.0. The minimum atomic E-state index is -3.37. The van der Waals surface area contributed by atoms with Gasteiger partial charge in [-0.3, -0.25) is 0 Å². The monoisotopic (exact) mass is 395 g/mol. The summed E-state index contributed by atoms with van der Waals surface area (Å²) in [7, 11) is -3.37. The Balaban J connectivity index is 2.35. The average molecular weight is 397 g/mol. The molecule has 1 fully saturated rings. The Bertz CT molecular complexity index is 519. The van der Waals surface area contributed by atoms with Crippen molar-refractivity contribution >= 4 is 41.9 Å². The lowest BCUT2D eigenvalue weighted by Gasteiger charge is -2.33. The van der Waals surface area contributed by atoms with E-state index in [2.05, 4.69) is 31.9 Å². The molecule has 0 spiro atoms. The van der Waals surface area contributed by atoms with Crippen molar-refractivity contribution in [2.45, 2.75) is 30.2 Å². The predicted molar refractivity (Wildman–Crippen MR) is 79.5 cm³/mol. The highest BCUT2D eigenvalue weighted by Gasteiger charge is 2.32. The lowest BCUT2D eigenvalue weighted by molar-refractivity contribution is 0.273. The lowest BCUT2D eigenvalue weighted by Crippen LogP contribution is -2.44. The third-order valence-corrected chi connectivity index (χ3v) is 6.34. The summed E-state index contributed by atoms with van der Waals surface area (Å²) in [6.07, 6.45) is 2.97. The van der Waals surface area contributed by atoms with Gasteiger partial charge in [-0.05, 0) is 31.0 Å². The van der Waals surface area contributed by atoms with E-state index in [9.17, 15) is 8.42 Å². The predicted octanol–water partition coefficient (Wildman–Crippen LogP) is 3.39. The van der Waals surface area contributed by atoms with Crippen LogP contribution in [0, 0.1) is 0 Å². The molecule has 0 radical (unpaired) electrons. The van der Waals surface area contributed by atoms with Crippen LogP contribution < -0.4 is 0 Å². The summed E-state index contributed by atoms with van der Waals surface area (Å²) >= 11 is 6.73. The Hall–Kier alpha value is 0.0900. The lowest BCUT2D eigenvalue weighted by atomic mass is 10.1. The van der Waals surface area contributed by atoms with Crippen molar-refractivity contribution in [1.29, 1.82) is 0 Å². The quantitative estimate of drug-likeness (QED) is 0.734. The van der Waals surface area contributed by atoms with E-state index >= 15 is 0 Å². The molecule has 3 nitrogen and oxygen atoms in total. The standard InChI is InChI=1S/C12H15Br2NO2S/c13-9-11-5-1-2-7-15(11)18(16,17)12-6-3-4-10(14)8-12/h3-4,6,8,11H,1-2,5,7,9H2. The number of benzene rings is 1. The maximum Gasteiger partial charge on any atom is 0.243 e. The number of rotatable bonds is 3. The van der Waals surface area contributed by atoms with Gasteiger partial charge in [-0.15, -0.1) is 0 Å². The smallest absolute Gasteiger partial charge is 0.207 e. The van der Waals surface area contributed by atoms with Crippen molar-refractivity contribution < 1.29 is 8.42 Å². The van der Waals surface area contributed by atoms with Crippen molar-refractivity contribution in [3.63, 3.8) is 0 Å². The Kier molecular flexibility index (Phi) is 4.86. The summed E-state index contributed by atoms with van der Waals surface area (Å²) in [6.45, 7) is 0.616. The highest BCUT2D eigenvalue weighted by molar-refractivity contribution is 9.10. The van der Waals surface area contributed by atoms with E-state index in [0.717, 1.165) is 23.7 Å². The SMILES string of the molecule is O=S(=O)(c1cccc(Br)c1)N1CCCCC1CBr. The van der Waals surface area contributed by atoms with Crippen LogP contribution in [-0.4, -0.2) is 30.6 Å². The molecule has 2 rings (SSSR count). The number of hydrogen-bond donors (Lipinski definition) is 0. The van der Waals surface area contributed by atoms with Gasteiger partial charge in [0.15, 0.2) is 0 Å². The first-order valence-corrected chi connectivity index (χ1v) is 9.24. The van der Waals surface area contributed by atoms with Gasteiger partial charge in [0.25, 0.3) is 0 Å². The number of alkyl halides is 1. The van der Waals surface area contributed by atoms with E-state index in [1.54, 1.807) is 22.5 Å². The van der Waals surface area contributed by atoms with Crippen LogP contribution in [0.25, 0.3) is 0 Å². The van der Waals surface area contributed by atoms with Crippen LogP contribution in [0.15, 0.2) is 33.6 Å². The molecule has 0 N–H and O–H groups in total. The van der Waals surface area contributed by atoms with Gasteiger partial charge in [0.05, 0.1) is 4.90 Å². The summed E-state index contributed by atoms with van der Waals surface area (Å²) < 4.78 is 27.6. The van der Waals surface area contributed by atoms with Gasteiger partial charge in [0.1, 0.15) is 0 Å². The molecule has 1 aliphatic heterocycles. The molecule has 18 heavy (non-hydrogen) atoms. The number of halogens is 2. The van der Waals surface area contributed by atoms with Gasteiger partial charge in [-0.2, -0.15) is 4.31 Å². The van der Waals surface area contributed by atoms with Gasteiger partial charge in [0.2, 0.25) is 10.0 Å². The highest BCUT2D eigenvalue weighted by Crippen LogP contribution is 2.27. The van der Waals surface area contributed by atoms with Gasteiger partial charge >= 0.3 is 0 Å². The fourth-order valence-electron chi connectivity index (χ4n) is 2.21. The number of nitrogens with zero attached hydrogens (tertiary/aromatic N) is 1. The Morgan fingerprint density at radius 1 is 1.33 bits per heavy atom.